The summed E-state index contributed by atoms with van der Waals surface area (Å²) in [5.74, 6) is 2.72. The summed E-state index contributed by atoms with van der Waals surface area (Å²) in [7, 11) is 0. The minimum absolute atomic E-state index is 0.304. The highest BCUT2D eigenvalue weighted by Gasteiger charge is 2.21. The molecule has 0 radical (unpaired) electrons. The number of anilines is 1. The van der Waals surface area contributed by atoms with Gasteiger partial charge in [0.2, 0.25) is 0 Å². The van der Waals surface area contributed by atoms with Crippen molar-refractivity contribution in [2.45, 2.75) is 32.4 Å². The van der Waals surface area contributed by atoms with Crippen molar-refractivity contribution in [1.82, 2.24) is 19.7 Å². The molecule has 2 aromatic rings. The smallest absolute Gasteiger partial charge is 0.147 e. The topological polar surface area (TPSA) is 55.6 Å². The van der Waals surface area contributed by atoms with Crippen molar-refractivity contribution in [3.05, 3.63) is 33.4 Å². The van der Waals surface area contributed by atoms with Crippen LogP contribution >= 0.6 is 27.5 Å². The quantitative estimate of drug-likeness (QED) is 0.912. The summed E-state index contributed by atoms with van der Waals surface area (Å²) < 4.78 is 2.85. The van der Waals surface area contributed by atoms with Gasteiger partial charge in [-0.05, 0) is 35.3 Å². The molecular formula is C12H13BrClN5. The van der Waals surface area contributed by atoms with E-state index in [1.807, 2.05) is 17.7 Å². The van der Waals surface area contributed by atoms with Crippen LogP contribution in [0.1, 0.15) is 18.1 Å². The molecule has 0 saturated carbocycles. The zero-order valence-corrected chi connectivity index (χ0v) is 12.7. The van der Waals surface area contributed by atoms with Crippen LogP contribution in [0.5, 0.6) is 0 Å². The molecule has 3 rings (SSSR count). The zero-order valence-electron chi connectivity index (χ0n) is 10.4. The van der Waals surface area contributed by atoms with Crippen LogP contribution in [0.4, 0.5) is 5.82 Å². The van der Waals surface area contributed by atoms with Crippen LogP contribution in [-0.2, 0) is 13.0 Å². The van der Waals surface area contributed by atoms with Gasteiger partial charge in [0.25, 0.3) is 0 Å². The van der Waals surface area contributed by atoms with E-state index in [2.05, 4.69) is 36.3 Å². The van der Waals surface area contributed by atoms with Crippen LogP contribution in [0.25, 0.3) is 0 Å². The number of halogens is 2. The second-order valence-corrected chi connectivity index (χ2v) is 5.91. The van der Waals surface area contributed by atoms with E-state index in [-0.39, 0.29) is 0 Å². The third kappa shape index (κ3) is 2.74. The van der Waals surface area contributed by atoms with Crippen molar-refractivity contribution in [1.29, 1.82) is 0 Å². The van der Waals surface area contributed by atoms with Gasteiger partial charge < -0.3 is 5.32 Å². The van der Waals surface area contributed by atoms with Crippen molar-refractivity contribution >= 4 is 33.3 Å². The molecule has 7 heteroatoms. The lowest BCUT2D eigenvalue weighted by Crippen LogP contribution is -2.32. The third-order valence-electron chi connectivity index (χ3n) is 3.11. The van der Waals surface area contributed by atoms with Crippen LogP contribution in [-0.4, -0.2) is 25.8 Å². The molecule has 5 nitrogen and oxygen atoms in total. The van der Waals surface area contributed by atoms with Gasteiger partial charge in [-0.2, -0.15) is 5.10 Å². The molecule has 3 heterocycles. The number of aromatic nitrogens is 4. The van der Waals surface area contributed by atoms with Crippen LogP contribution < -0.4 is 5.32 Å². The van der Waals surface area contributed by atoms with Crippen molar-refractivity contribution in [2.75, 3.05) is 5.32 Å². The molecule has 0 amide bonds. The van der Waals surface area contributed by atoms with Crippen LogP contribution in [0.2, 0.25) is 5.02 Å². The molecule has 1 aliphatic rings. The van der Waals surface area contributed by atoms with Crippen molar-refractivity contribution in [2.24, 2.45) is 0 Å². The normalized spacial score (nSPS) is 18.2. The zero-order chi connectivity index (χ0) is 13.4. The number of hydrogen-bond acceptors (Lipinski definition) is 4. The molecule has 0 spiro atoms. The monoisotopic (exact) mass is 341 g/mol. The van der Waals surface area contributed by atoms with Crippen molar-refractivity contribution in [3.8, 4) is 0 Å². The summed E-state index contributed by atoms with van der Waals surface area (Å²) in [6.45, 7) is 2.73. The standard InChI is InChI=1S/C12H13BrClN5/c1-7-16-11-3-2-9(6-19(11)18-7)17-12-10(13)4-8(14)5-15-12/h4-5,9H,2-3,6H2,1H3,(H,15,17). The van der Waals surface area contributed by atoms with E-state index in [9.17, 15) is 0 Å². The molecule has 0 fully saturated rings. The first-order chi connectivity index (χ1) is 9.11. The van der Waals surface area contributed by atoms with E-state index >= 15 is 0 Å². The Hall–Kier alpha value is -1.14. The second kappa shape index (κ2) is 5.09. The lowest BCUT2D eigenvalue weighted by molar-refractivity contribution is 0.440. The Morgan fingerprint density at radius 3 is 3.16 bits per heavy atom. The average molecular weight is 343 g/mol. The first-order valence-electron chi connectivity index (χ1n) is 6.10. The fourth-order valence-electron chi connectivity index (χ4n) is 2.27. The lowest BCUT2D eigenvalue weighted by Gasteiger charge is -2.24. The maximum absolute atomic E-state index is 5.89. The Bertz CT molecular complexity index is 612. The van der Waals surface area contributed by atoms with Gasteiger partial charge in [0.1, 0.15) is 17.5 Å². The fourth-order valence-corrected chi connectivity index (χ4v) is 3.02. The summed E-state index contributed by atoms with van der Waals surface area (Å²) >= 11 is 9.35. The van der Waals surface area contributed by atoms with E-state index in [4.69, 9.17) is 11.6 Å². The average Bonchev–Trinajstić information content (AvgIpc) is 2.72. The number of nitrogens with zero attached hydrogens (tertiary/aromatic N) is 4. The highest BCUT2D eigenvalue weighted by atomic mass is 79.9. The molecule has 19 heavy (non-hydrogen) atoms. The highest BCUT2D eigenvalue weighted by molar-refractivity contribution is 9.10. The number of nitrogens with one attached hydrogen (secondary N) is 1. The minimum atomic E-state index is 0.304. The van der Waals surface area contributed by atoms with E-state index in [0.717, 1.165) is 41.3 Å². The Balaban J connectivity index is 1.75. The first-order valence-corrected chi connectivity index (χ1v) is 7.27. The summed E-state index contributed by atoms with van der Waals surface area (Å²) in [5, 5.41) is 8.43. The molecule has 0 bridgehead atoms. The lowest BCUT2D eigenvalue weighted by atomic mass is 10.1. The maximum Gasteiger partial charge on any atom is 0.147 e. The number of pyridine rings is 1. The van der Waals surface area contributed by atoms with Gasteiger partial charge in [0, 0.05) is 18.7 Å². The SMILES string of the molecule is Cc1nc2n(n1)CC(Nc1ncc(Cl)cc1Br)CC2. The van der Waals surface area contributed by atoms with Gasteiger partial charge in [-0.15, -0.1) is 0 Å². The molecule has 0 saturated heterocycles. The van der Waals surface area contributed by atoms with Crippen LogP contribution in [0, 0.1) is 6.92 Å². The predicted molar refractivity (Wildman–Crippen MR) is 77.4 cm³/mol. The Morgan fingerprint density at radius 2 is 2.37 bits per heavy atom. The van der Waals surface area contributed by atoms with Gasteiger partial charge in [0.15, 0.2) is 0 Å². The predicted octanol–water partition coefficient (Wildman–Crippen LogP) is 2.82. The third-order valence-corrected chi connectivity index (χ3v) is 3.92. The van der Waals surface area contributed by atoms with E-state index in [1.165, 1.54) is 0 Å². The van der Waals surface area contributed by atoms with Crippen LogP contribution in [0.3, 0.4) is 0 Å². The van der Waals surface area contributed by atoms with Gasteiger partial charge >= 0.3 is 0 Å². The summed E-state index contributed by atoms with van der Waals surface area (Å²) in [6.07, 6.45) is 3.60. The largest absolute Gasteiger partial charge is 0.365 e. The number of rotatable bonds is 2. The maximum atomic E-state index is 5.89. The van der Waals surface area contributed by atoms with E-state index < -0.39 is 0 Å². The van der Waals surface area contributed by atoms with Gasteiger partial charge in [0.05, 0.1) is 16.0 Å². The van der Waals surface area contributed by atoms with Crippen molar-refractivity contribution in [3.63, 3.8) is 0 Å². The Kier molecular flexibility index (Phi) is 3.45. The second-order valence-electron chi connectivity index (χ2n) is 4.62. The van der Waals surface area contributed by atoms with Gasteiger partial charge in [-0.25, -0.2) is 14.6 Å². The minimum Gasteiger partial charge on any atom is -0.365 e. The van der Waals surface area contributed by atoms with Crippen molar-refractivity contribution < 1.29 is 0 Å². The molecule has 100 valence electrons. The number of fused-ring (bicyclic) bond motifs is 1. The summed E-state index contributed by atoms with van der Waals surface area (Å²) in [5.41, 5.74) is 0. The molecule has 1 N–H and O–H groups in total. The summed E-state index contributed by atoms with van der Waals surface area (Å²) in [6, 6.07) is 2.14. The molecule has 1 atom stereocenters. The molecule has 0 aliphatic carbocycles. The van der Waals surface area contributed by atoms with Crippen LogP contribution in [0.15, 0.2) is 16.7 Å². The number of aryl methyl sites for hydroxylation is 2. The Morgan fingerprint density at radius 1 is 1.53 bits per heavy atom. The number of hydrogen-bond donors (Lipinski definition) is 1. The molecular weight excluding hydrogens is 330 g/mol. The van der Waals surface area contributed by atoms with Gasteiger partial charge in [-0.3, -0.25) is 0 Å². The summed E-state index contributed by atoms with van der Waals surface area (Å²) in [4.78, 5) is 8.70. The first kappa shape index (κ1) is 12.9. The van der Waals surface area contributed by atoms with E-state index in [0.29, 0.717) is 11.1 Å². The molecule has 1 unspecified atom stereocenters. The Labute approximate surface area is 124 Å². The molecule has 1 aliphatic heterocycles. The fraction of sp³-hybridized carbons (Fsp3) is 0.417. The van der Waals surface area contributed by atoms with E-state index in [1.54, 1.807) is 6.20 Å². The molecule has 0 aromatic carbocycles. The highest BCUT2D eigenvalue weighted by Crippen LogP contribution is 2.25. The molecule has 2 aromatic heterocycles. The van der Waals surface area contributed by atoms with Gasteiger partial charge in [-0.1, -0.05) is 11.6 Å².